The summed E-state index contributed by atoms with van der Waals surface area (Å²) in [6, 6.07) is 3.44. The highest BCUT2D eigenvalue weighted by atomic mass is 16.6. The van der Waals surface area contributed by atoms with Crippen LogP contribution in [-0.4, -0.2) is 64.1 Å². The number of hydrogen-bond donors (Lipinski definition) is 4. The van der Waals surface area contributed by atoms with Crippen molar-refractivity contribution in [2.75, 3.05) is 19.6 Å². The van der Waals surface area contributed by atoms with Gasteiger partial charge in [-0.3, -0.25) is 4.90 Å². The van der Waals surface area contributed by atoms with Crippen molar-refractivity contribution in [3.63, 3.8) is 0 Å². The number of carboxylic acid groups (broad SMARTS) is 1. The van der Waals surface area contributed by atoms with Crippen molar-refractivity contribution in [3.8, 4) is 11.5 Å². The molecule has 0 radical (unpaired) electrons. The number of carboxylic acids is 1. The summed E-state index contributed by atoms with van der Waals surface area (Å²) >= 11 is 0. The molecule has 0 aromatic heterocycles. The van der Waals surface area contributed by atoms with Crippen molar-refractivity contribution in [2.45, 2.75) is 42.6 Å². The third kappa shape index (κ3) is 2.58. The van der Waals surface area contributed by atoms with Gasteiger partial charge in [-0.25, -0.2) is 4.79 Å². The van der Waals surface area contributed by atoms with Crippen LogP contribution in [-0.2, 0) is 0 Å². The van der Waals surface area contributed by atoms with E-state index in [-0.39, 0.29) is 40.4 Å². The highest BCUT2D eigenvalue weighted by Gasteiger charge is 2.55. The summed E-state index contributed by atoms with van der Waals surface area (Å²) < 4.78 is 11.2. The van der Waals surface area contributed by atoms with E-state index in [4.69, 9.17) is 15.1 Å². The fraction of sp³-hybridized carbons (Fsp3) is 0.588. The Balaban J connectivity index is 1.36. The van der Waals surface area contributed by atoms with E-state index in [0.29, 0.717) is 19.5 Å². The lowest BCUT2D eigenvalue weighted by atomic mass is 9.68. The van der Waals surface area contributed by atoms with Crippen LogP contribution in [0.2, 0.25) is 5.82 Å². The molecule has 5 rings (SSSR count). The maximum atomic E-state index is 11.8. The molecule has 8 nitrogen and oxygen atoms in total. The van der Waals surface area contributed by atoms with E-state index in [9.17, 15) is 19.9 Å². The van der Waals surface area contributed by atoms with Crippen LogP contribution in [0.4, 0.5) is 0 Å². The first-order valence-electron chi connectivity index (χ1n) is 9.12. The fourth-order valence-electron chi connectivity index (χ4n) is 4.28. The van der Waals surface area contributed by atoms with Crippen LogP contribution in [0.25, 0.3) is 0 Å². The van der Waals surface area contributed by atoms with Gasteiger partial charge in [0.05, 0.1) is 5.75 Å². The van der Waals surface area contributed by atoms with E-state index >= 15 is 0 Å². The first-order chi connectivity index (χ1) is 12.3. The van der Waals surface area contributed by atoms with Crippen molar-refractivity contribution >= 4 is 12.7 Å². The van der Waals surface area contributed by atoms with Crippen LogP contribution in [0, 0.1) is 0 Å². The highest BCUT2D eigenvalue weighted by Crippen LogP contribution is 2.63. The minimum absolute atomic E-state index is 0.0359. The molecule has 2 heterocycles. The Bertz CT molecular complexity index is 790. The quantitative estimate of drug-likeness (QED) is 0.545. The van der Waals surface area contributed by atoms with Crippen molar-refractivity contribution in [2.24, 2.45) is 5.73 Å². The van der Waals surface area contributed by atoms with Crippen LogP contribution in [0.15, 0.2) is 12.1 Å². The number of likely N-dealkylation sites (tertiary alicyclic amines) is 1. The predicted molar refractivity (Wildman–Crippen MR) is 92.3 cm³/mol. The number of benzene rings is 1. The number of nitrogens with zero attached hydrogens (tertiary/aromatic N) is 1. The molecule has 2 unspecified atom stereocenters. The number of hydrogen-bond acceptors (Lipinski definition) is 7. The van der Waals surface area contributed by atoms with Gasteiger partial charge in [-0.05, 0) is 30.4 Å². The van der Waals surface area contributed by atoms with Gasteiger partial charge in [0.1, 0.15) is 17.4 Å². The van der Waals surface area contributed by atoms with Gasteiger partial charge in [0.2, 0.25) is 0 Å². The Morgan fingerprint density at radius 1 is 1.38 bits per heavy atom. The summed E-state index contributed by atoms with van der Waals surface area (Å²) in [5.41, 5.74) is 6.66. The summed E-state index contributed by atoms with van der Waals surface area (Å²) in [4.78, 5) is 14.0. The zero-order valence-corrected chi connectivity index (χ0v) is 14.3. The molecule has 0 bridgehead atoms. The lowest BCUT2D eigenvalue weighted by molar-refractivity contribution is 0.0137. The van der Waals surface area contributed by atoms with Gasteiger partial charge in [-0.2, -0.15) is 0 Å². The van der Waals surface area contributed by atoms with Gasteiger partial charge >= 0.3 is 12.7 Å². The molecule has 0 amide bonds. The number of rotatable bonds is 5. The smallest absolute Gasteiger partial charge is 0.434 e. The Labute approximate surface area is 150 Å². The van der Waals surface area contributed by atoms with Crippen molar-refractivity contribution in [1.82, 2.24) is 4.90 Å². The fourth-order valence-corrected chi connectivity index (χ4v) is 4.28. The molecule has 5 N–H and O–H groups in total. The minimum atomic E-state index is -3.02. The zero-order chi connectivity index (χ0) is 18.3. The second kappa shape index (κ2) is 5.13. The summed E-state index contributed by atoms with van der Waals surface area (Å²) in [6.07, 6.45) is 2.59. The van der Waals surface area contributed by atoms with Crippen molar-refractivity contribution < 1.29 is 29.3 Å². The molecule has 4 aliphatic rings. The molecule has 0 spiro atoms. The molecular weight excluding hydrogens is 339 g/mol. The molecule has 1 saturated heterocycles. The first kappa shape index (κ1) is 16.4. The van der Waals surface area contributed by atoms with E-state index in [0.717, 1.165) is 24.9 Å². The second-order valence-electron chi connectivity index (χ2n) is 8.34. The van der Waals surface area contributed by atoms with E-state index in [2.05, 4.69) is 4.90 Å². The average molecular weight is 361 g/mol. The summed E-state index contributed by atoms with van der Waals surface area (Å²) in [5, 5.41) is 29.8. The Morgan fingerprint density at radius 3 is 2.77 bits per heavy atom. The normalized spacial score (nSPS) is 30.4. The second-order valence-corrected chi connectivity index (χ2v) is 8.34. The van der Waals surface area contributed by atoms with Gasteiger partial charge in [-0.1, -0.05) is 18.3 Å². The van der Waals surface area contributed by atoms with E-state index in [1.54, 1.807) is 12.1 Å². The van der Waals surface area contributed by atoms with Crippen LogP contribution in [0.5, 0.6) is 11.5 Å². The van der Waals surface area contributed by atoms with Crippen LogP contribution < -0.4 is 15.1 Å². The van der Waals surface area contributed by atoms with Crippen LogP contribution in [0.3, 0.4) is 0 Å². The molecule has 140 valence electrons. The Hall–Kier alpha value is -1.81. The Morgan fingerprint density at radius 2 is 2.12 bits per heavy atom. The molecule has 3 fully saturated rings. The zero-order valence-electron chi connectivity index (χ0n) is 14.3. The maximum absolute atomic E-state index is 11.8. The third-order valence-electron chi connectivity index (χ3n) is 6.10. The molecular formula is C17H22BN2O6-. The lowest BCUT2D eigenvalue weighted by Gasteiger charge is -2.41. The van der Waals surface area contributed by atoms with E-state index in [1.807, 2.05) is 0 Å². The van der Waals surface area contributed by atoms with E-state index < -0.39 is 12.7 Å². The largest absolute Gasteiger partial charge is 0.669 e. The van der Waals surface area contributed by atoms with Gasteiger partial charge < -0.3 is 30.3 Å². The summed E-state index contributed by atoms with van der Waals surface area (Å²) in [5.74, 6) is -1.35. The predicted octanol–water partition coefficient (Wildman–Crippen LogP) is 0.112. The van der Waals surface area contributed by atoms with Gasteiger partial charge in [0.15, 0.2) is 0 Å². The molecule has 1 aromatic carbocycles. The van der Waals surface area contributed by atoms with Crippen molar-refractivity contribution in [1.29, 1.82) is 0 Å². The number of carbonyl (C=O) groups is 1. The molecule has 9 heteroatoms. The SMILES string of the molecule is NC1(CN2CC(Oc3ccc4c(c3C(=O)O)O[B-](O)(O)C3CC43)C2)CC1. The summed E-state index contributed by atoms with van der Waals surface area (Å²) in [6.45, 7) is -0.776. The number of aromatic carboxylic acids is 1. The van der Waals surface area contributed by atoms with Gasteiger partial charge in [0.25, 0.3) is 0 Å². The standard InChI is InChI=1S/C17H22BN2O6/c19-17(3-4-17)8-20-6-9(7-20)25-13-2-1-10-11-5-12(11)18(23,24)26-15(10)14(13)16(21)22/h1-2,9,11-12,23-24H,3-8,19H2,(H,21,22)/q-1. The van der Waals surface area contributed by atoms with E-state index in [1.165, 1.54) is 0 Å². The highest BCUT2D eigenvalue weighted by molar-refractivity contribution is 6.62. The van der Waals surface area contributed by atoms with Gasteiger partial charge in [-0.15, -0.1) is 0 Å². The topological polar surface area (TPSA) is 125 Å². The lowest BCUT2D eigenvalue weighted by Crippen LogP contribution is -2.57. The number of fused-ring (bicyclic) bond motifs is 3. The Kier molecular flexibility index (Phi) is 3.23. The molecule has 2 aliphatic carbocycles. The number of ether oxygens (including phenoxy) is 1. The summed E-state index contributed by atoms with van der Waals surface area (Å²) in [7, 11) is 0. The van der Waals surface area contributed by atoms with Crippen molar-refractivity contribution in [3.05, 3.63) is 23.3 Å². The first-order valence-corrected chi connectivity index (χ1v) is 9.12. The molecule has 2 saturated carbocycles. The number of nitrogens with two attached hydrogens (primary N) is 1. The van der Waals surface area contributed by atoms with Crippen LogP contribution in [0.1, 0.15) is 41.1 Å². The average Bonchev–Trinajstić information content (AvgIpc) is 3.40. The third-order valence-corrected chi connectivity index (χ3v) is 6.10. The molecule has 2 atom stereocenters. The molecule has 26 heavy (non-hydrogen) atoms. The molecule has 1 aromatic rings. The minimum Gasteiger partial charge on any atom is -0.669 e. The monoisotopic (exact) mass is 361 g/mol. The van der Waals surface area contributed by atoms with Gasteiger partial charge in [0, 0.05) is 25.2 Å². The molecule has 2 aliphatic heterocycles. The van der Waals surface area contributed by atoms with Crippen LogP contribution >= 0.6 is 0 Å². The maximum Gasteiger partial charge on any atom is 0.434 e.